The Balaban J connectivity index is 2.18. The summed E-state index contributed by atoms with van der Waals surface area (Å²) in [5.41, 5.74) is 6.69. The monoisotopic (exact) mass is 298 g/mol. The molecule has 0 atom stereocenters. The molecule has 7 heteroatoms. The minimum absolute atomic E-state index is 0.0270. The Morgan fingerprint density at radius 1 is 1.35 bits per heavy atom. The van der Waals surface area contributed by atoms with Crippen molar-refractivity contribution < 1.29 is 17.9 Å². The van der Waals surface area contributed by atoms with Crippen molar-refractivity contribution in [3.8, 4) is 0 Å². The van der Waals surface area contributed by atoms with Crippen molar-refractivity contribution in [2.75, 3.05) is 37.8 Å². The van der Waals surface area contributed by atoms with Crippen molar-refractivity contribution in [1.82, 2.24) is 4.90 Å². The Labute approximate surface area is 118 Å². The van der Waals surface area contributed by atoms with Gasteiger partial charge in [0.2, 0.25) is 5.91 Å². The average Bonchev–Trinajstić information content (AvgIpc) is 2.42. The SMILES string of the molecule is Cc1cccc(S(=O)(=O)CC(=O)N2CCOCC2)c1N. The van der Waals surface area contributed by atoms with Gasteiger partial charge in [0.05, 0.1) is 23.8 Å². The Bertz CT molecular complexity index is 607. The van der Waals surface area contributed by atoms with Crippen LogP contribution in [-0.2, 0) is 19.4 Å². The minimum Gasteiger partial charge on any atom is -0.397 e. The molecule has 1 heterocycles. The number of nitrogens with two attached hydrogens (primary N) is 1. The number of aryl methyl sites for hydroxylation is 1. The van der Waals surface area contributed by atoms with E-state index in [0.717, 1.165) is 0 Å². The molecule has 1 fully saturated rings. The van der Waals surface area contributed by atoms with Crippen molar-refractivity contribution in [2.24, 2.45) is 0 Å². The number of hydrogen-bond donors (Lipinski definition) is 1. The zero-order valence-electron chi connectivity index (χ0n) is 11.3. The van der Waals surface area contributed by atoms with Gasteiger partial charge in [-0.15, -0.1) is 0 Å². The van der Waals surface area contributed by atoms with E-state index in [1.807, 2.05) is 0 Å². The molecule has 2 rings (SSSR count). The Hall–Kier alpha value is -1.60. The molecule has 2 N–H and O–H groups in total. The number of carbonyl (C=O) groups is 1. The summed E-state index contributed by atoms with van der Waals surface area (Å²) in [4.78, 5) is 13.6. The Morgan fingerprint density at radius 3 is 2.65 bits per heavy atom. The van der Waals surface area contributed by atoms with E-state index >= 15 is 0 Å². The van der Waals surface area contributed by atoms with Crippen LogP contribution in [0.25, 0.3) is 0 Å². The fraction of sp³-hybridized carbons (Fsp3) is 0.462. The Kier molecular flexibility index (Phi) is 4.29. The molecule has 1 aliphatic rings. The minimum atomic E-state index is -3.72. The number of benzene rings is 1. The lowest BCUT2D eigenvalue weighted by molar-refractivity contribution is -0.132. The molecule has 1 saturated heterocycles. The number of ether oxygens (including phenoxy) is 1. The first-order valence-corrected chi connectivity index (χ1v) is 8.00. The highest BCUT2D eigenvalue weighted by Gasteiger charge is 2.26. The highest BCUT2D eigenvalue weighted by atomic mass is 32.2. The van der Waals surface area contributed by atoms with E-state index in [4.69, 9.17) is 10.5 Å². The zero-order chi connectivity index (χ0) is 14.8. The molecule has 20 heavy (non-hydrogen) atoms. The van der Waals surface area contributed by atoms with Crippen molar-refractivity contribution in [3.05, 3.63) is 23.8 Å². The fourth-order valence-corrected chi connectivity index (χ4v) is 3.51. The quantitative estimate of drug-likeness (QED) is 0.806. The number of morpholine rings is 1. The second-order valence-corrected chi connectivity index (χ2v) is 6.70. The van der Waals surface area contributed by atoms with Gasteiger partial charge in [0, 0.05) is 13.1 Å². The molecule has 0 aliphatic carbocycles. The van der Waals surface area contributed by atoms with Crippen LogP contribution in [0.4, 0.5) is 5.69 Å². The second kappa shape index (κ2) is 5.80. The van der Waals surface area contributed by atoms with Crippen molar-refractivity contribution in [1.29, 1.82) is 0 Å². The van der Waals surface area contributed by atoms with Gasteiger partial charge < -0.3 is 15.4 Å². The van der Waals surface area contributed by atoms with Gasteiger partial charge >= 0.3 is 0 Å². The molecule has 110 valence electrons. The van der Waals surface area contributed by atoms with Crippen LogP contribution in [-0.4, -0.2) is 51.3 Å². The summed E-state index contributed by atoms with van der Waals surface area (Å²) in [7, 11) is -3.72. The summed E-state index contributed by atoms with van der Waals surface area (Å²) in [5.74, 6) is -0.963. The zero-order valence-corrected chi connectivity index (χ0v) is 12.1. The first kappa shape index (κ1) is 14.8. The van der Waals surface area contributed by atoms with E-state index in [2.05, 4.69) is 0 Å². The predicted octanol–water partition coefficient (Wildman–Crippen LogP) is 0.210. The van der Waals surface area contributed by atoms with Crippen LogP contribution in [0.15, 0.2) is 23.1 Å². The standard InChI is InChI=1S/C13H18N2O4S/c1-10-3-2-4-11(13(10)14)20(17,18)9-12(16)15-5-7-19-8-6-15/h2-4H,5-9,14H2,1H3. The van der Waals surface area contributed by atoms with Gasteiger partial charge in [-0.1, -0.05) is 12.1 Å². The lowest BCUT2D eigenvalue weighted by atomic mass is 10.2. The maximum Gasteiger partial charge on any atom is 0.238 e. The second-order valence-electron chi connectivity index (χ2n) is 4.74. The van der Waals surface area contributed by atoms with Crippen LogP contribution in [0.1, 0.15) is 5.56 Å². The topological polar surface area (TPSA) is 89.7 Å². The molecule has 0 aromatic heterocycles. The number of amides is 1. The third-order valence-corrected chi connectivity index (χ3v) is 4.95. The maximum atomic E-state index is 12.3. The first-order chi connectivity index (χ1) is 9.42. The van der Waals surface area contributed by atoms with Gasteiger partial charge in [-0.3, -0.25) is 4.79 Å². The number of rotatable bonds is 3. The molecule has 0 radical (unpaired) electrons. The summed E-state index contributed by atoms with van der Waals surface area (Å²) in [6.07, 6.45) is 0. The number of hydrogen-bond acceptors (Lipinski definition) is 5. The van der Waals surface area contributed by atoms with Gasteiger partial charge in [0.15, 0.2) is 9.84 Å². The van der Waals surface area contributed by atoms with E-state index in [0.29, 0.717) is 31.9 Å². The van der Waals surface area contributed by atoms with Crippen molar-refractivity contribution >= 4 is 21.4 Å². The predicted molar refractivity (Wildman–Crippen MR) is 75.0 cm³/mol. The number of anilines is 1. The van der Waals surface area contributed by atoms with Gasteiger partial charge in [0.1, 0.15) is 5.75 Å². The molecule has 1 aliphatic heterocycles. The lowest BCUT2D eigenvalue weighted by Gasteiger charge is -2.26. The van der Waals surface area contributed by atoms with Gasteiger partial charge in [-0.05, 0) is 18.6 Å². The van der Waals surface area contributed by atoms with Crippen molar-refractivity contribution in [2.45, 2.75) is 11.8 Å². The summed E-state index contributed by atoms with van der Waals surface area (Å²) >= 11 is 0. The molecule has 1 aromatic rings. The van der Waals surface area contributed by atoms with Gasteiger partial charge in [0.25, 0.3) is 0 Å². The van der Waals surface area contributed by atoms with Gasteiger partial charge in [-0.2, -0.15) is 0 Å². The molecule has 0 unspecified atom stereocenters. The molecule has 1 aromatic carbocycles. The third kappa shape index (κ3) is 3.10. The number of carbonyl (C=O) groups excluding carboxylic acids is 1. The smallest absolute Gasteiger partial charge is 0.238 e. The molecule has 1 amide bonds. The van der Waals surface area contributed by atoms with E-state index in [1.54, 1.807) is 19.1 Å². The maximum absolute atomic E-state index is 12.3. The van der Waals surface area contributed by atoms with Crippen LogP contribution >= 0.6 is 0 Å². The highest BCUT2D eigenvalue weighted by molar-refractivity contribution is 7.92. The summed E-state index contributed by atoms with van der Waals surface area (Å²) < 4.78 is 29.7. The number of sulfone groups is 1. The van der Waals surface area contributed by atoms with Crippen LogP contribution in [0.3, 0.4) is 0 Å². The number of para-hydroxylation sites is 1. The largest absolute Gasteiger partial charge is 0.397 e. The van der Waals surface area contributed by atoms with Crippen LogP contribution in [0.2, 0.25) is 0 Å². The molecule has 0 spiro atoms. The fourth-order valence-electron chi connectivity index (χ4n) is 2.07. The molecule has 0 bridgehead atoms. The van der Waals surface area contributed by atoms with E-state index < -0.39 is 21.5 Å². The lowest BCUT2D eigenvalue weighted by Crippen LogP contribution is -2.43. The normalized spacial score (nSPS) is 16.1. The van der Waals surface area contributed by atoms with Crippen LogP contribution < -0.4 is 5.73 Å². The summed E-state index contributed by atoms with van der Waals surface area (Å²) in [6.45, 7) is 3.48. The summed E-state index contributed by atoms with van der Waals surface area (Å²) in [6, 6.07) is 4.79. The molecular formula is C13H18N2O4S. The molecular weight excluding hydrogens is 280 g/mol. The summed E-state index contributed by atoms with van der Waals surface area (Å²) in [5, 5.41) is 0. The molecule has 0 saturated carbocycles. The average molecular weight is 298 g/mol. The Morgan fingerprint density at radius 2 is 2.00 bits per heavy atom. The first-order valence-electron chi connectivity index (χ1n) is 6.35. The third-order valence-electron chi connectivity index (χ3n) is 3.30. The van der Waals surface area contributed by atoms with E-state index in [1.165, 1.54) is 11.0 Å². The van der Waals surface area contributed by atoms with E-state index in [9.17, 15) is 13.2 Å². The van der Waals surface area contributed by atoms with Crippen LogP contribution in [0.5, 0.6) is 0 Å². The van der Waals surface area contributed by atoms with Crippen molar-refractivity contribution in [3.63, 3.8) is 0 Å². The highest BCUT2D eigenvalue weighted by Crippen LogP contribution is 2.23. The molecule has 6 nitrogen and oxygen atoms in total. The number of nitrogen functional groups attached to an aromatic ring is 1. The number of nitrogens with zero attached hydrogens (tertiary/aromatic N) is 1. The van der Waals surface area contributed by atoms with Gasteiger partial charge in [-0.25, -0.2) is 8.42 Å². The van der Waals surface area contributed by atoms with E-state index in [-0.39, 0.29) is 10.6 Å². The van der Waals surface area contributed by atoms with Crippen LogP contribution in [0, 0.1) is 6.92 Å².